The van der Waals surface area contributed by atoms with Crippen LogP contribution in [0.1, 0.15) is 30.9 Å². The fraction of sp³-hybridized carbons (Fsp3) is 0.455. The van der Waals surface area contributed by atoms with Gasteiger partial charge in [0.25, 0.3) is 0 Å². The van der Waals surface area contributed by atoms with Crippen LogP contribution in [-0.2, 0) is 13.2 Å². The number of hydrogen-bond donors (Lipinski definition) is 1. The van der Waals surface area contributed by atoms with E-state index < -0.39 is 0 Å². The average Bonchev–Trinajstić information content (AvgIpc) is 3.15. The zero-order chi connectivity index (χ0) is 19.1. The largest absolute Gasteiger partial charge is 0.493 e. The maximum atomic E-state index is 6.02. The molecule has 1 N–H and O–H groups in total. The monoisotopic (exact) mass is 432 g/mol. The van der Waals surface area contributed by atoms with E-state index in [4.69, 9.17) is 9.47 Å². The third kappa shape index (κ3) is 5.47. The molecular formula is C22H29BrN2O2. The predicted molar refractivity (Wildman–Crippen MR) is 113 cm³/mol. The van der Waals surface area contributed by atoms with E-state index in [9.17, 15) is 0 Å². The minimum atomic E-state index is 0.516. The molecule has 0 saturated carbocycles. The highest BCUT2D eigenvalue weighted by Gasteiger charge is 2.22. The Balaban J connectivity index is 1.59. The molecule has 2 aromatic rings. The van der Waals surface area contributed by atoms with Crippen LogP contribution in [0.4, 0.5) is 0 Å². The molecule has 0 radical (unpaired) electrons. The fourth-order valence-corrected chi connectivity index (χ4v) is 4.27. The zero-order valence-electron chi connectivity index (χ0n) is 16.2. The van der Waals surface area contributed by atoms with E-state index in [0.717, 1.165) is 41.2 Å². The molecule has 0 bridgehead atoms. The Hall–Kier alpha value is -1.56. The van der Waals surface area contributed by atoms with Crippen molar-refractivity contribution < 1.29 is 9.47 Å². The predicted octanol–water partition coefficient (Wildman–Crippen LogP) is 4.61. The molecule has 27 heavy (non-hydrogen) atoms. The number of rotatable bonds is 9. The topological polar surface area (TPSA) is 33.7 Å². The number of hydrogen-bond acceptors (Lipinski definition) is 4. The average molecular weight is 433 g/mol. The highest BCUT2D eigenvalue weighted by molar-refractivity contribution is 9.10. The molecular weight excluding hydrogens is 404 g/mol. The van der Waals surface area contributed by atoms with Crippen molar-refractivity contribution in [2.75, 3.05) is 26.7 Å². The van der Waals surface area contributed by atoms with Gasteiger partial charge in [-0.15, -0.1) is 0 Å². The number of halogens is 1. The first kappa shape index (κ1) is 20.2. The van der Waals surface area contributed by atoms with E-state index in [1.54, 1.807) is 7.11 Å². The Morgan fingerprint density at radius 2 is 2.00 bits per heavy atom. The highest BCUT2D eigenvalue weighted by atomic mass is 79.9. The smallest absolute Gasteiger partial charge is 0.175 e. The van der Waals surface area contributed by atoms with E-state index in [1.165, 1.54) is 24.9 Å². The number of nitrogens with one attached hydrogen (secondary N) is 1. The van der Waals surface area contributed by atoms with Crippen LogP contribution in [-0.4, -0.2) is 37.7 Å². The Bertz CT molecular complexity index is 724. The van der Waals surface area contributed by atoms with Gasteiger partial charge < -0.3 is 14.8 Å². The van der Waals surface area contributed by atoms with Gasteiger partial charge in [0.1, 0.15) is 6.61 Å². The van der Waals surface area contributed by atoms with Gasteiger partial charge in [-0.25, -0.2) is 0 Å². The fourth-order valence-electron chi connectivity index (χ4n) is 3.67. The Morgan fingerprint density at radius 1 is 1.19 bits per heavy atom. The number of methoxy groups -OCH3 is 1. The van der Waals surface area contributed by atoms with E-state index in [0.29, 0.717) is 12.6 Å². The molecule has 0 aliphatic carbocycles. The van der Waals surface area contributed by atoms with Gasteiger partial charge in [-0.2, -0.15) is 0 Å². The summed E-state index contributed by atoms with van der Waals surface area (Å²) in [6.07, 6.45) is 2.60. The van der Waals surface area contributed by atoms with E-state index >= 15 is 0 Å². The van der Waals surface area contributed by atoms with Gasteiger partial charge in [0.15, 0.2) is 11.5 Å². The molecule has 1 saturated heterocycles. The zero-order valence-corrected chi connectivity index (χ0v) is 17.8. The van der Waals surface area contributed by atoms with Crippen molar-refractivity contribution in [1.82, 2.24) is 10.2 Å². The summed E-state index contributed by atoms with van der Waals surface area (Å²) in [7, 11) is 1.69. The third-order valence-corrected chi connectivity index (χ3v) is 5.72. The van der Waals surface area contributed by atoms with Crippen molar-refractivity contribution in [2.24, 2.45) is 0 Å². The maximum absolute atomic E-state index is 6.02. The second-order valence-electron chi connectivity index (χ2n) is 6.94. The molecule has 1 aliphatic heterocycles. The molecule has 0 spiro atoms. The van der Waals surface area contributed by atoms with Crippen molar-refractivity contribution in [3.05, 3.63) is 58.1 Å². The number of likely N-dealkylation sites (N-methyl/N-ethyl adjacent to an activating group) is 1. The minimum Gasteiger partial charge on any atom is -0.493 e. The quantitative estimate of drug-likeness (QED) is 0.626. The summed E-state index contributed by atoms with van der Waals surface area (Å²) in [4.78, 5) is 2.56. The number of likely N-dealkylation sites (tertiary alicyclic amines) is 1. The lowest BCUT2D eigenvalue weighted by molar-refractivity contribution is 0.259. The van der Waals surface area contributed by atoms with Crippen LogP contribution in [0, 0.1) is 0 Å². The first-order chi connectivity index (χ1) is 13.2. The molecule has 3 rings (SSSR count). The second-order valence-corrected chi connectivity index (χ2v) is 7.79. The lowest BCUT2D eigenvalue weighted by Crippen LogP contribution is -2.37. The van der Waals surface area contributed by atoms with Gasteiger partial charge in [-0.1, -0.05) is 37.3 Å². The van der Waals surface area contributed by atoms with Crippen LogP contribution in [0.2, 0.25) is 0 Å². The number of benzene rings is 2. The summed E-state index contributed by atoms with van der Waals surface area (Å²) < 4.78 is 12.5. The molecule has 2 aromatic carbocycles. The first-order valence-corrected chi connectivity index (χ1v) is 10.5. The molecule has 1 heterocycles. The molecule has 5 heteroatoms. The Labute approximate surface area is 171 Å². The summed E-state index contributed by atoms with van der Waals surface area (Å²) >= 11 is 3.65. The highest BCUT2D eigenvalue weighted by Crippen LogP contribution is 2.37. The van der Waals surface area contributed by atoms with Crippen molar-refractivity contribution >= 4 is 15.9 Å². The molecule has 0 amide bonds. The SMILES string of the molecule is CCN1CCC[C@@H]1CNCc1cc(Br)c(OCc2ccccc2)c(OC)c1. The van der Waals surface area contributed by atoms with Crippen LogP contribution >= 0.6 is 15.9 Å². The first-order valence-electron chi connectivity index (χ1n) is 9.69. The van der Waals surface area contributed by atoms with Crippen LogP contribution in [0.25, 0.3) is 0 Å². The summed E-state index contributed by atoms with van der Waals surface area (Å²) in [5.74, 6) is 1.51. The van der Waals surface area contributed by atoms with E-state index in [1.807, 2.05) is 18.2 Å². The van der Waals surface area contributed by atoms with Gasteiger partial charge in [0, 0.05) is 19.1 Å². The van der Waals surface area contributed by atoms with E-state index in [-0.39, 0.29) is 0 Å². The Morgan fingerprint density at radius 3 is 2.74 bits per heavy atom. The number of nitrogens with zero attached hydrogens (tertiary/aromatic N) is 1. The van der Waals surface area contributed by atoms with Crippen molar-refractivity contribution in [2.45, 2.75) is 39.0 Å². The molecule has 0 unspecified atom stereocenters. The molecule has 4 nitrogen and oxygen atoms in total. The molecule has 0 aromatic heterocycles. The normalized spacial score (nSPS) is 17.2. The van der Waals surface area contributed by atoms with Gasteiger partial charge in [0.2, 0.25) is 0 Å². The summed E-state index contributed by atoms with van der Waals surface area (Å²) in [6, 6.07) is 15.0. The standard InChI is InChI=1S/C22H29BrN2O2/c1-3-25-11-7-10-19(25)15-24-14-18-12-20(23)22(21(13-18)26-2)27-16-17-8-5-4-6-9-17/h4-6,8-9,12-13,19,24H,3,7,10-11,14-16H2,1-2H3/t19-/m1/s1. The van der Waals surface area contributed by atoms with Crippen LogP contribution < -0.4 is 14.8 Å². The van der Waals surface area contributed by atoms with Crippen LogP contribution in [0.3, 0.4) is 0 Å². The molecule has 1 aliphatic rings. The molecule has 1 atom stereocenters. The van der Waals surface area contributed by atoms with E-state index in [2.05, 4.69) is 57.3 Å². The minimum absolute atomic E-state index is 0.516. The van der Waals surface area contributed by atoms with Crippen LogP contribution in [0.15, 0.2) is 46.9 Å². The lowest BCUT2D eigenvalue weighted by atomic mass is 10.1. The lowest BCUT2D eigenvalue weighted by Gasteiger charge is -2.23. The van der Waals surface area contributed by atoms with Gasteiger partial charge in [-0.3, -0.25) is 4.90 Å². The number of ether oxygens (including phenoxy) is 2. The van der Waals surface area contributed by atoms with Gasteiger partial charge in [-0.05, 0) is 65.1 Å². The third-order valence-electron chi connectivity index (χ3n) is 5.13. The maximum Gasteiger partial charge on any atom is 0.175 e. The molecule has 1 fully saturated rings. The van der Waals surface area contributed by atoms with Gasteiger partial charge in [0.05, 0.1) is 11.6 Å². The van der Waals surface area contributed by atoms with Gasteiger partial charge >= 0.3 is 0 Å². The summed E-state index contributed by atoms with van der Waals surface area (Å²) in [5, 5.41) is 3.60. The van der Waals surface area contributed by atoms with Crippen molar-refractivity contribution in [1.29, 1.82) is 0 Å². The summed E-state index contributed by atoms with van der Waals surface area (Å²) in [5.41, 5.74) is 2.32. The second kappa shape index (κ2) is 10.1. The summed E-state index contributed by atoms with van der Waals surface area (Å²) in [6.45, 7) is 6.98. The van der Waals surface area contributed by atoms with Crippen molar-refractivity contribution in [3.8, 4) is 11.5 Å². The molecule has 146 valence electrons. The Kier molecular flexibility index (Phi) is 7.56. The van der Waals surface area contributed by atoms with Crippen molar-refractivity contribution in [3.63, 3.8) is 0 Å². The van der Waals surface area contributed by atoms with Crippen LogP contribution in [0.5, 0.6) is 11.5 Å².